The van der Waals surface area contributed by atoms with Gasteiger partial charge >= 0.3 is 0 Å². The summed E-state index contributed by atoms with van der Waals surface area (Å²) in [5.74, 6) is 0.744. The first-order valence-corrected chi connectivity index (χ1v) is 11.0. The maximum atomic E-state index is 13.1. The number of fused-ring (bicyclic) bond motifs is 1. The lowest BCUT2D eigenvalue weighted by molar-refractivity contribution is -0.131. The van der Waals surface area contributed by atoms with Gasteiger partial charge in [-0.3, -0.25) is 14.6 Å². The number of likely N-dealkylation sites (tertiary alicyclic amines) is 1. The van der Waals surface area contributed by atoms with E-state index in [4.69, 9.17) is 4.74 Å². The molecule has 4 rings (SSSR count). The number of ether oxygens (including phenoxy) is 1. The molecule has 0 radical (unpaired) electrons. The van der Waals surface area contributed by atoms with Crippen molar-refractivity contribution in [2.45, 2.75) is 39.2 Å². The van der Waals surface area contributed by atoms with Gasteiger partial charge in [-0.15, -0.1) is 0 Å². The highest BCUT2D eigenvalue weighted by Crippen LogP contribution is 2.22. The minimum absolute atomic E-state index is 0.0474. The molecule has 0 saturated carbocycles. The number of nitrogens with zero attached hydrogens (tertiary/aromatic N) is 2. The molecule has 1 saturated heterocycles. The Hall–Kier alpha value is -3.41. The van der Waals surface area contributed by atoms with Crippen molar-refractivity contribution >= 4 is 22.7 Å². The van der Waals surface area contributed by atoms with Crippen molar-refractivity contribution in [3.05, 3.63) is 70.9 Å². The van der Waals surface area contributed by atoms with Gasteiger partial charge in [0.1, 0.15) is 5.75 Å². The van der Waals surface area contributed by atoms with Crippen molar-refractivity contribution in [2.24, 2.45) is 0 Å². The summed E-state index contributed by atoms with van der Waals surface area (Å²) in [4.78, 5) is 32.3. The van der Waals surface area contributed by atoms with E-state index in [1.54, 1.807) is 7.11 Å². The van der Waals surface area contributed by atoms with Gasteiger partial charge in [0, 0.05) is 35.8 Å². The van der Waals surface area contributed by atoms with Crippen LogP contribution in [0.25, 0.3) is 10.9 Å². The number of aromatic nitrogens is 1. The summed E-state index contributed by atoms with van der Waals surface area (Å²) in [6.45, 7) is 5.18. The Morgan fingerprint density at radius 1 is 1.09 bits per heavy atom. The fourth-order valence-corrected chi connectivity index (χ4v) is 4.32. The zero-order valence-electron chi connectivity index (χ0n) is 18.9. The second kappa shape index (κ2) is 9.39. The zero-order chi connectivity index (χ0) is 22.7. The molecular formula is C26H29N3O3. The zero-order valence-corrected chi connectivity index (χ0v) is 18.9. The van der Waals surface area contributed by atoms with Gasteiger partial charge in [-0.05, 0) is 51.0 Å². The third-order valence-electron chi connectivity index (χ3n) is 6.05. The van der Waals surface area contributed by atoms with Crippen LogP contribution in [0.2, 0.25) is 0 Å². The maximum Gasteiger partial charge on any atom is 0.252 e. The average molecular weight is 432 g/mol. The third-order valence-corrected chi connectivity index (χ3v) is 6.05. The predicted molar refractivity (Wildman–Crippen MR) is 125 cm³/mol. The van der Waals surface area contributed by atoms with Crippen molar-refractivity contribution in [3.8, 4) is 5.75 Å². The molecule has 2 amide bonds. The van der Waals surface area contributed by atoms with Crippen molar-refractivity contribution in [1.82, 2.24) is 15.2 Å². The van der Waals surface area contributed by atoms with Crippen LogP contribution in [0.3, 0.4) is 0 Å². The highest BCUT2D eigenvalue weighted by atomic mass is 16.5. The Morgan fingerprint density at radius 3 is 2.59 bits per heavy atom. The molecule has 0 unspecified atom stereocenters. The molecule has 1 fully saturated rings. The fraction of sp³-hybridized carbons (Fsp3) is 0.346. The van der Waals surface area contributed by atoms with E-state index >= 15 is 0 Å². The Morgan fingerprint density at radius 2 is 1.84 bits per heavy atom. The van der Waals surface area contributed by atoms with E-state index in [0.717, 1.165) is 46.3 Å². The van der Waals surface area contributed by atoms with Crippen LogP contribution < -0.4 is 10.1 Å². The summed E-state index contributed by atoms with van der Waals surface area (Å²) in [5, 5.41) is 4.05. The number of amides is 2. The number of hydrogen-bond acceptors (Lipinski definition) is 4. The lowest BCUT2D eigenvalue weighted by atomic mass is 10.0. The summed E-state index contributed by atoms with van der Waals surface area (Å²) < 4.78 is 5.36. The highest BCUT2D eigenvalue weighted by Gasteiger charge is 2.25. The molecule has 6 nitrogen and oxygen atoms in total. The van der Waals surface area contributed by atoms with E-state index in [2.05, 4.69) is 10.3 Å². The number of aryl methyl sites for hydroxylation is 2. The number of para-hydroxylation sites is 1. The van der Waals surface area contributed by atoms with Crippen molar-refractivity contribution < 1.29 is 14.3 Å². The van der Waals surface area contributed by atoms with Crippen LogP contribution in [-0.4, -0.2) is 47.9 Å². The van der Waals surface area contributed by atoms with Gasteiger partial charge in [0.2, 0.25) is 5.91 Å². The standard InChI is InChI=1S/C26H29N3O3/c1-17-8-9-23-21(14-17)22(15-18(2)27-23)26(31)28-20-10-12-29(13-11-20)25(30)16-19-6-4-5-7-24(19)32-3/h4-9,14-15,20H,10-13,16H2,1-3H3,(H,28,31). The van der Waals surface area contributed by atoms with Crippen LogP contribution in [0.5, 0.6) is 5.75 Å². The largest absolute Gasteiger partial charge is 0.496 e. The summed E-state index contributed by atoms with van der Waals surface area (Å²) in [6.07, 6.45) is 1.80. The van der Waals surface area contributed by atoms with Gasteiger partial charge in [0.15, 0.2) is 0 Å². The molecule has 6 heteroatoms. The number of rotatable bonds is 5. The molecule has 166 valence electrons. The van der Waals surface area contributed by atoms with Crippen LogP contribution in [0.15, 0.2) is 48.5 Å². The number of benzene rings is 2. The van der Waals surface area contributed by atoms with Crippen molar-refractivity contribution in [2.75, 3.05) is 20.2 Å². The SMILES string of the molecule is COc1ccccc1CC(=O)N1CCC(NC(=O)c2cc(C)nc3ccc(C)cc23)CC1. The second-order valence-corrected chi connectivity index (χ2v) is 8.45. The normalized spacial score (nSPS) is 14.4. The summed E-state index contributed by atoms with van der Waals surface area (Å²) in [7, 11) is 1.62. The van der Waals surface area contributed by atoms with Crippen LogP contribution in [0.4, 0.5) is 0 Å². The molecule has 0 bridgehead atoms. The van der Waals surface area contributed by atoms with Gasteiger partial charge in [0.25, 0.3) is 5.91 Å². The molecule has 1 aromatic heterocycles. The van der Waals surface area contributed by atoms with E-state index < -0.39 is 0 Å². The van der Waals surface area contributed by atoms with E-state index in [1.807, 2.05) is 67.3 Å². The highest BCUT2D eigenvalue weighted by molar-refractivity contribution is 6.06. The molecule has 32 heavy (non-hydrogen) atoms. The minimum Gasteiger partial charge on any atom is -0.496 e. The molecule has 1 aliphatic heterocycles. The molecule has 1 aliphatic rings. The van der Waals surface area contributed by atoms with Gasteiger partial charge in [-0.25, -0.2) is 0 Å². The number of piperidine rings is 1. The molecule has 2 aromatic carbocycles. The predicted octanol–water partition coefficient (Wildman–Crippen LogP) is 3.82. The lowest BCUT2D eigenvalue weighted by Crippen LogP contribution is -2.47. The number of hydrogen-bond donors (Lipinski definition) is 1. The molecule has 0 aliphatic carbocycles. The number of methoxy groups -OCH3 is 1. The van der Waals surface area contributed by atoms with E-state index in [-0.39, 0.29) is 17.9 Å². The average Bonchev–Trinajstić information content (AvgIpc) is 2.79. The van der Waals surface area contributed by atoms with Gasteiger partial charge in [0.05, 0.1) is 24.6 Å². The topological polar surface area (TPSA) is 71.5 Å². The molecule has 0 atom stereocenters. The minimum atomic E-state index is -0.0788. The van der Waals surface area contributed by atoms with Gasteiger partial charge in [-0.2, -0.15) is 0 Å². The van der Waals surface area contributed by atoms with E-state index in [1.165, 1.54) is 0 Å². The van der Waals surface area contributed by atoms with Crippen molar-refractivity contribution in [1.29, 1.82) is 0 Å². The quantitative estimate of drug-likeness (QED) is 0.667. The monoisotopic (exact) mass is 431 g/mol. The third kappa shape index (κ3) is 4.74. The van der Waals surface area contributed by atoms with E-state index in [9.17, 15) is 9.59 Å². The number of pyridine rings is 1. The smallest absolute Gasteiger partial charge is 0.252 e. The van der Waals surface area contributed by atoms with Gasteiger partial charge < -0.3 is 15.0 Å². The summed E-state index contributed by atoms with van der Waals surface area (Å²) in [5.41, 5.74) is 4.30. The summed E-state index contributed by atoms with van der Waals surface area (Å²) >= 11 is 0. The fourth-order valence-electron chi connectivity index (χ4n) is 4.32. The van der Waals surface area contributed by atoms with E-state index in [0.29, 0.717) is 25.1 Å². The van der Waals surface area contributed by atoms with Crippen LogP contribution in [-0.2, 0) is 11.2 Å². The molecule has 1 N–H and O–H groups in total. The lowest BCUT2D eigenvalue weighted by Gasteiger charge is -2.32. The first-order valence-electron chi connectivity index (χ1n) is 11.0. The van der Waals surface area contributed by atoms with Crippen LogP contribution in [0, 0.1) is 13.8 Å². The molecular weight excluding hydrogens is 402 g/mol. The number of carbonyl (C=O) groups is 2. The molecule has 2 heterocycles. The summed E-state index contributed by atoms with van der Waals surface area (Å²) in [6, 6.07) is 15.5. The first kappa shape index (κ1) is 21.8. The van der Waals surface area contributed by atoms with Crippen LogP contribution >= 0.6 is 0 Å². The van der Waals surface area contributed by atoms with Gasteiger partial charge in [-0.1, -0.05) is 29.8 Å². The molecule has 0 spiro atoms. The number of carbonyl (C=O) groups excluding carboxylic acids is 2. The maximum absolute atomic E-state index is 13.1. The Kier molecular flexibility index (Phi) is 6.40. The first-order chi connectivity index (χ1) is 15.4. The molecule has 3 aromatic rings. The second-order valence-electron chi connectivity index (χ2n) is 8.45. The van der Waals surface area contributed by atoms with Crippen molar-refractivity contribution in [3.63, 3.8) is 0 Å². The Bertz CT molecular complexity index is 1150. The Labute approximate surface area is 188 Å². The van der Waals surface area contributed by atoms with Crippen LogP contribution in [0.1, 0.15) is 40.0 Å². The number of nitrogens with one attached hydrogen (secondary N) is 1. The Balaban J connectivity index is 1.38.